The van der Waals surface area contributed by atoms with Crippen molar-refractivity contribution in [2.75, 3.05) is 0 Å². The first-order valence-electron chi connectivity index (χ1n) is 8.51. The van der Waals surface area contributed by atoms with Gasteiger partial charge < -0.3 is 5.11 Å². The van der Waals surface area contributed by atoms with Crippen LogP contribution in [0, 0.1) is 17.8 Å². The van der Waals surface area contributed by atoms with Gasteiger partial charge in [0.1, 0.15) is 0 Å². The molecule has 2 nitrogen and oxygen atoms in total. The molecule has 1 fully saturated rings. The summed E-state index contributed by atoms with van der Waals surface area (Å²) in [7, 11) is 0. The Balaban J connectivity index is 1.75. The fraction of sp³-hybridized carbons (Fsp3) is 0.632. The second-order valence-electron chi connectivity index (χ2n) is 6.95. The van der Waals surface area contributed by atoms with Gasteiger partial charge in [-0.1, -0.05) is 31.5 Å². The van der Waals surface area contributed by atoms with Gasteiger partial charge in [-0.2, -0.15) is 0 Å². The fourth-order valence-electron chi connectivity index (χ4n) is 4.34. The molecule has 3 unspecified atom stereocenters. The maximum atomic E-state index is 11.5. The van der Waals surface area contributed by atoms with E-state index in [2.05, 4.69) is 25.1 Å². The molecule has 21 heavy (non-hydrogen) atoms. The molecule has 0 radical (unpaired) electrons. The monoisotopic (exact) mass is 286 g/mol. The number of carboxylic acid groups (broad SMARTS) is 1. The minimum absolute atomic E-state index is 0.138. The van der Waals surface area contributed by atoms with E-state index < -0.39 is 5.97 Å². The number of carboxylic acids is 1. The van der Waals surface area contributed by atoms with Crippen molar-refractivity contribution in [1.29, 1.82) is 0 Å². The van der Waals surface area contributed by atoms with Crippen LogP contribution in [0.4, 0.5) is 0 Å². The lowest BCUT2D eigenvalue weighted by Crippen LogP contribution is -2.32. The fourth-order valence-corrected chi connectivity index (χ4v) is 4.34. The summed E-state index contributed by atoms with van der Waals surface area (Å²) in [6.07, 6.45) is 8.87. The zero-order valence-electron chi connectivity index (χ0n) is 13.0. The quantitative estimate of drug-likeness (QED) is 0.898. The molecule has 3 atom stereocenters. The number of hydrogen-bond acceptors (Lipinski definition) is 1. The SMILES string of the molecule is CCC1CCC(C(=O)O)C(Cc2ccc3c(c2)CCC3)C1. The summed E-state index contributed by atoms with van der Waals surface area (Å²) in [6, 6.07) is 6.85. The van der Waals surface area contributed by atoms with E-state index in [-0.39, 0.29) is 5.92 Å². The molecule has 0 aliphatic heterocycles. The minimum Gasteiger partial charge on any atom is -0.481 e. The molecular weight excluding hydrogens is 260 g/mol. The van der Waals surface area contributed by atoms with E-state index >= 15 is 0 Å². The van der Waals surface area contributed by atoms with Crippen molar-refractivity contribution in [3.63, 3.8) is 0 Å². The van der Waals surface area contributed by atoms with Crippen molar-refractivity contribution in [3.8, 4) is 0 Å². The van der Waals surface area contributed by atoms with Crippen molar-refractivity contribution in [2.45, 2.75) is 58.3 Å². The molecule has 0 heterocycles. The third-order valence-electron chi connectivity index (χ3n) is 5.65. The van der Waals surface area contributed by atoms with Gasteiger partial charge in [0.2, 0.25) is 0 Å². The van der Waals surface area contributed by atoms with Crippen LogP contribution in [0.2, 0.25) is 0 Å². The van der Waals surface area contributed by atoms with Crippen LogP contribution in [0.5, 0.6) is 0 Å². The first-order valence-corrected chi connectivity index (χ1v) is 8.51. The standard InChI is InChI=1S/C19H26O2/c1-2-13-7-9-18(19(20)21)17(10-13)12-14-6-8-15-4-3-5-16(15)11-14/h6,8,11,13,17-18H,2-5,7,9-10,12H2,1H3,(H,20,21). The molecule has 1 aromatic carbocycles. The van der Waals surface area contributed by atoms with E-state index in [1.807, 2.05) is 0 Å². The maximum absolute atomic E-state index is 11.5. The molecule has 3 rings (SSSR count). The van der Waals surface area contributed by atoms with Crippen LogP contribution in [-0.2, 0) is 24.1 Å². The van der Waals surface area contributed by atoms with Gasteiger partial charge in [0.05, 0.1) is 5.92 Å². The molecule has 1 saturated carbocycles. The van der Waals surface area contributed by atoms with Crippen LogP contribution in [0.1, 0.15) is 55.7 Å². The van der Waals surface area contributed by atoms with Gasteiger partial charge in [0, 0.05) is 0 Å². The van der Waals surface area contributed by atoms with E-state index in [0.29, 0.717) is 5.92 Å². The largest absolute Gasteiger partial charge is 0.481 e. The summed E-state index contributed by atoms with van der Waals surface area (Å²) >= 11 is 0. The Morgan fingerprint density at radius 1 is 1.24 bits per heavy atom. The predicted octanol–water partition coefficient (Wildman–Crippen LogP) is 4.24. The number of benzene rings is 1. The normalized spacial score (nSPS) is 28.3. The highest BCUT2D eigenvalue weighted by Crippen LogP contribution is 2.38. The van der Waals surface area contributed by atoms with Crippen LogP contribution in [0.15, 0.2) is 18.2 Å². The lowest BCUT2D eigenvalue weighted by atomic mass is 9.71. The van der Waals surface area contributed by atoms with Crippen LogP contribution in [-0.4, -0.2) is 11.1 Å². The Hall–Kier alpha value is -1.31. The number of hydrogen-bond donors (Lipinski definition) is 1. The Morgan fingerprint density at radius 3 is 2.81 bits per heavy atom. The van der Waals surface area contributed by atoms with Gasteiger partial charge in [-0.3, -0.25) is 4.79 Å². The molecule has 0 aromatic heterocycles. The topological polar surface area (TPSA) is 37.3 Å². The third kappa shape index (κ3) is 3.14. The van der Waals surface area contributed by atoms with Gasteiger partial charge in [-0.25, -0.2) is 0 Å². The molecule has 0 spiro atoms. The predicted molar refractivity (Wildman–Crippen MR) is 84.4 cm³/mol. The first-order chi connectivity index (χ1) is 10.2. The molecule has 0 amide bonds. The summed E-state index contributed by atoms with van der Waals surface area (Å²) in [5, 5.41) is 9.50. The summed E-state index contributed by atoms with van der Waals surface area (Å²) < 4.78 is 0. The molecule has 2 aliphatic rings. The van der Waals surface area contributed by atoms with E-state index in [4.69, 9.17) is 0 Å². The molecule has 2 heteroatoms. The number of aliphatic carboxylic acids is 1. The van der Waals surface area contributed by atoms with Gasteiger partial charge in [0.15, 0.2) is 0 Å². The number of carbonyl (C=O) groups is 1. The lowest BCUT2D eigenvalue weighted by Gasteiger charge is -2.33. The molecule has 0 saturated heterocycles. The summed E-state index contributed by atoms with van der Waals surface area (Å²) in [6.45, 7) is 2.23. The summed E-state index contributed by atoms with van der Waals surface area (Å²) in [5.74, 6) is 0.317. The Labute approximate surface area is 127 Å². The van der Waals surface area contributed by atoms with Gasteiger partial charge in [-0.15, -0.1) is 0 Å². The van der Waals surface area contributed by atoms with E-state index in [1.165, 1.54) is 42.4 Å². The van der Waals surface area contributed by atoms with Crippen LogP contribution >= 0.6 is 0 Å². The summed E-state index contributed by atoms with van der Waals surface area (Å²) in [5.41, 5.74) is 4.36. The molecular formula is C19H26O2. The van der Waals surface area contributed by atoms with E-state index in [0.717, 1.165) is 31.6 Å². The Kier molecular flexibility index (Phi) is 4.32. The number of aryl methyl sites for hydroxylation is 2. The lowest BCUT2D eigenvalue weighted by molar-refractivity contribution is -0.145. The highest BCUT2D eigenvalue weighted by atomic mass is 16.4. The maximum Gasteiger partial charge on any atom is 0.306 e. The van der Waals surface area contributed by atoms with Gasteiger partial charge >= 0.3 is 5.97 Å². The number of fused-ring (bicyclic) bond motifs is 1. The average Bonchev–Trinajstić information content (AvgIpc) is 2.94. The van der Waals surface area contributed by atoms with Crippen molar-refractivity contribution in [2.24, 2.45) is 17.8 Å². The van der Waals surface area contributed by atoms with Crippen LogP contribution in [0.25, 0.3) is 0 Å². The second-order valence-corrected chi connectivity index (χ2v) is 6.95. The highest BCUT2D eigenvalue weighted by Gasteiger charge is 2.34. The van der Waals surface area contributed by atoms with E-state index in [1.54, 1.807) is 0 Å². The van der Waals surface area contributed by atoms with Gasteiger partial charge in [0.25, 0.3) is 0 Å². The number of rotatable bonds is 4. The van der Waals surface area contributed by atoms with Crippen molar-refractivity contribution in [1.82, 2.24) is 0 Å². The smallest absolute Gasteiger partial charge is 0.306 e. The van der Waals surface area contributed by atoms with Crippen LogP contribution in [0.3, 0.4) is 0 Å². The van der Waals surface area contributed by atoms with Gasteiger partial charge in [-0.05, 0) is 73.5 Å². The molecule has 114 valence electrons. The minimum atomic E-state index is -0.587. The highest BCUT2D eigenvalue weighted by molar-refractivity contribution is 5.70. The molecule has 1 N–H and O–H groups in total. The second kappa shape index (κ2) is 6.21. The van der Waals surface area contributed by atoms with Crippen molar-refractivity contribution >= 4 is 5.97 Å². The van der Waals surface area contributed by atoms with Crippen molar-refractivity contribution in [3.05, 3.63) is 34.9 Å². The first kappa shape index (κ1) is 14.6. The summed E-state index contributed by atoms with van der Waals surface area (Å²) in [4.78, 5) is 11.5. The molecule has 2 aliphatic carbocycles. The molecule has 1 aromatic rings. The zero-order valence-corrected chi connectivity index (χ0v) is 13.0. The zero-order chi connectivity index (χ0) is 14.8. The molecule has 0 bridgehead atoms. The Bertz CT molecular complexity index is 520. The van der Waals surface area contributed by atoms with Crippen molar-refractivity contribution < 1.29 is 9.90 Å². The third-order valence-corrected chi connectivity index (χ3v) is 5.65. The average molecular weight is 286 g/mol. The van der Waals surface area contributed by atoms with E-state index in [9.17, 15) is 9.90 Å². The Morgan fingerprint density at radius 2 is 2.05 bits per heavy atom. The van der Waals surface area contributed by atoms with Crippen LogP contribution < -0.4 is 0 Å².